The minimum absolute atomic E-state index is 0. The van der Waals surface area contributed by atoms with Crippen molar-refractivity contribution in [1.82, 2.24) is 5.32 Å². The van der Waals surface area contributed by atoms with E-state index in [0.717, 1.165) is 0 Å². The molecule has 1 atom stereocenters. The number of rotatable bonds is 2. The molecule has 1 heterocycles. The van der Waals surface area contributed by atoms with E-state index in [-0.39, 0.29) is 30.1 Å². The van der Waals surface area contributed by atoms with Crippen molar-refractivity contribution in [2.75, 3.05) is 25.1 Å². The van der Waals surface area contributed by atoms with Crippen molar-refractivity contribution in [1.29, 1.82) is 0 Å². The molecule has 0 spiro atoms. The molecular formula is C11H15ClN2O3. The number of benzene rings is 1. The van der Waals surface area contributed by atoms with Crippen molar-refractivity contribution in [3.8, 4) is 5.75 Å². The van der Waals surface area contributed by atoms with E-state index in [4.69, 9.17) is 9.84 Å². The zero-order valence-corrected chi connectivity index (χ0v) is 10.00. The van der Waals surface area contributed by atoms with Crippen LogP contribution in [-0.2, 0) is 9.53 Å². The molecule has 1 aromatic rings. The summed E-state index contributed by atoms with van der Waals surface area (Å²) in [7, 11) is 0. The minimum Gasteiger partial charge on any atom is -0.508 e. The molecule has 0 aliphatic carbocycles. The Balaban J connectivity index is 0.00000144. The zero-order valence-electron chi connectivity index (χ0n) is 9.18. The van der Waals surface area contributed by atoms with E-state index < -0.39 is 0 Å². The smallest absolute Gasteiger partial charge is 0.243 e. The lowest BCUT2D eigenvalue weighted by atomic mass is 10.2. The van der Waals surface area contributed by atoms with Gasteiger partial charge in [-0.15, -0.1) is 12.4 Å². The molecule has 0 aromatic heterocycles. The largest absolute Gasteiger partial charge is 0.508 e. The first-order chi connectivity index (χ1) is 7.75. The molecule has 0 bridgehead atoms. The maximum Gasteiger partial charge on any atom is 0.243 e. The van der Waals surface area contributed by atoms with Gasteiger partial charge in [0.15, 0.2) is 0 Å². The van der Waals surface area contributed by atoms with Crippen molar-refractivity contribution >= 4 is 24.0 Å². The monoisotopic (exact) mass is 258 g/mol. The van der Waals surface area contributed by atoms with Crippen molar-refractivity contribution in [2.45, 2.75) is 6.04 Å². The van der Waals surface area contributed by atoms with Crippen LogP contribution in [0.15, 0.2) is 24.3 Å². The van der Waals surface area contributed by atoms with Crippen molar-refractivity contribution in [2.24, 2.45) is 0 Å². The third kappa shape index (κ3) is 3.89. The van der Waals surface area contributed by atoms with Crippen LogP contribution in [0.1, 0.15) is 0 Å². The molecule has 1 aromatic carbocycles. The summed E-state index contributed by atoms with van der Waals surface area (Å²) < 4.78 is 5.20. The number of nitrogens with one attached hydrogen (secondary N) is 2. The summed E-state index contributed by atoms with van der Waals surface area (Å²) in [6.45, 7) is 1.72. The van der Waals surface area contributed by atoms with Crippen LogP contribution < -0.4 is 10.6 Å². The van der Waals surface area contributed by atoms with Gasteiger partial charge in [0, 0.05) is 12.2 Å². The number of morpholine rings is 1. The van der Waals surface area contributed by atoms with E-state index in [1.54, 1.807) is 12.1 Å². The van der Waals surface area contributed by atoms with Crippen molar-refractivity contribution < 1.29 is 14.6 Å². The number of hydrogen-bond acceptors (Lipinski definition) is 4. The van der Waals surface area contributed by atoms with Gasteiger partial charge in [-0.25, -0.2) is 0 Å². The molecule has 3 N–H and O–H groups in total. The lowest BCUT2D eigenvalue weighted by molar-refractivity contribution is -0.120. The summed E-state index contributed by atoms with van der Waals surface area (Å²) in [4.78, 5) is 11.7. The van der Waals surface area contributed by atoms with E-state index in [1.165, 1.54) is 12.1 Å². The molecule has 1 amide bonds. The highest BCUT2D eigenvalue weighted by Gasteiger charge is 2.20. The Kier molecular flexibility index (Phi) is 5.21. The number of halogens is 1. The fourth-order valence-electron chi connectivity index (χ4n) is 1.51. The molecule has 6 heteroatoms. The lowest BCUT2D eigenvalue weighted by Crippen LogP contribution is -2.48. The Bertz CT molecular complexity index is 363. The molecule has 0 radical (unpaired) electrons. The molecule has 94 valence electrons. The number of anilines is 1. The van der Waals surface area contributed by atoms with Gasteiger partial charge < -0.3 is 20.5 Å². The first-order valence-corrected chi connectivity index (χ1v) is 5.17. The van der Waals surface area contributed by atoms with E-state index in [2.05, 4.69) is 10.6 Å². The standard InChI is InChI=1S/C11H14N2O3.ClH/c14-9-3-1-8(2-4-9)13-11(15)10-7-16-6-5-12-10;/h1-4,10,12,14H,5-7H2,(H,13,15);1H. The predicted octanol–water partition coefficient (Wildman–Crippen LogP) is 0.741. The second-order valence-corrected chi connectivity index (χ2v) is 3.62. The van der Waals surface area contributed by atoms with E-state index in [9.17, 15) is 4.79 Å². The third-order valence-electron chi connectivity index (χ3n) is 2.37. The van der Waals surface area contributed by atoms with Gasteiger partial charge >= 0.3 is 0 Å². The Hall–Kier alpha value is -1.30. The number of amides is 1. The van der Waals surface area contributed by atoms with Crippen LogP contribution in [0.4, 0.5) is 5.69 Å². The van der Waals surface area contributed by atoms with E-state index in [0.29, 0.717) is 25.4 Å². The first-order valence-electron chi connectivity index (χ1n) is 5.17. The van der Waals surface area contributed by atoms with Gasteiger partial charge in [0.2, 0.25) is 5.91 Å². The number of aromatic hydroxyl groups is 1. The molecule has 1 fully saturated rings. The summed E-state index contributed by atoms with van der Waals surface area (Å²) >= 11 is 0. The number of phenols is 1. The topological polar surface area (TPSA) is 70.6 Å². The van der Waals surface area contributed by atoms with Crippen molar-refractivity contribution in [3.05, 3.63) is 24.3 Å². The highest BCUT2D eigenvalue weighted by molar-refractivity contribution is 5.95. The number of carbonyl (C=O) groups is 1. The normalized spacial score (nSPS) is 19.2. The maximum atomic E-state index is 11.7. The SMILES string of the molecule is Cl.O=C(Nc1ccc(O)cc1)C1COCCN1. The fraction of sp³-hybridized carbons (Fsp3) is 0.364. The van der Waals surface area contributed by atoms with Gasteiger partial charge in [0.25, 0.3) is 0 Å². The molecule has 1 saturated heterocycles. The summed E-state index contributed by atoms with van der Waals surface area (Å²) in [5.41, 5.74) is 0.662. The maximum absolute atomic E-state index is 11.7. The second-order valence-electron chi connectivity index (χ2n) is 3.62. The molecule has 5 nitrogen and oxygen atoms in total. The summed E-state index contributed by atoms with van der Waals surface area (Å²) in [6, 6.07) is 6.05. The second kappa shape index (κ2) is 6.44. The minimum atomic E-state index is -0.303. The van der Waals surface area contributed by atoms with Crippen LogP contribution in [0.25, 0.3) is 0 Å². The van der Waals surface area contributed by atoms with E-state index >= 15 is 0 Å². The van der Waals surface area contributed by atoms with Crippen LogP contribution >= 0.6 is 12.4 Å². The zero-order chi connectivity index (χ0) is 11.4. The third-order valence-corrected chi connectivity index (χ3v) is 2.37. The Morgan fingerprint density at radius 1 is 1.41 bits per heavy atom. The van der Waals surface area contributed by atoms with Gasteiger partial charge in [-0.1, -0.05) is 0 Å². The number of ether oxygens (including phenoxy) is 1. The van der Waals surface area contributed by atoms with Crippen LogP contribution in [0.5, 0.6) is 5.75 Å². The first kappa shape index (κ1) is 13.8. The molecule has 2 rings (SSSR count). The van der Waals surface area contributed by atoms with Gasteiger partial charge in [-0.3, -0.25) is 4.79 Å². The molecule has 1 unspecified atom stereocenters. The average Bonchev–Trinajstić information content (AvgIpc) is 2.33. The van der Waals surface area contributed by atoms with Crippen LogP contribution in [-0.4, -0.2) is 36.8 Å². The highest BCUT2D eigenvalue weighted by atomic mass is 35.5. The highest BCUT2D eigenvalue weighted by Crippen LogP contribution is 2.13. The quantitative estimate of drug-likeness (QED) is 0.685. The molecular weight excluding hydrogens is 244 g/mol. The fourth-order valence-corrected chi connectivity index (χ4v) is 1.51. The molecule has 1 aliphatic heterocycles. The van der Waals surface area contributed by atoms with Gasteiger partial charge in [-0.2, -0.15) is 0 Å². The predicted molar refractivity (Wildman–Crippen MR) is 66.6 cm³/mol. The van der Waals surface area contributed by atoms with Gasteiger partial charge in [0.1, 0.15) is 11.8 Å². The van der Waals surface area contributed by atoms with Crippen LogP contribution in [0, 0.1) is 0 Å². The molecule has 17 heavy (non-hydrogen) atoms. The number of phenolic OH excluding ortho intramolecular Hbond substituents is 1. The number of carbonyl (C=O) groups excluding carboxylic acids is 1. The van der Waals surface area contributed by atoms with Gasteiger partial charge in [-0.05, 0) is 24.3 Å². The Labute approximate surface area is 106 Å². The van der Waals surface area contributed by atoms with Crippen molar-refractivity contribution in [3.63, 3.8) is 0 Å². The summed E-state index contributed by atoms with van der Waals surface area (Å²) in [5, 5.41) is 14.9. The Morgan fingerprint density at radius 3 is 2.71 bits per heavy atom. The Morgan fingerprint density at radius 2 is 2.12 bits per heavy atom. The molecule has 0 saturated carbocycles. The van der Waals surface area contributed by atoms with Gasteiger partial charge in [0.05, 0.1) is 13.2 Å². The molecule has 1 aliphatic rings. The average molecular weight is 259 g/mol. The van der Waals surface area contributed by atoms with E-state index in [1.807, 2.05) is 0 Å². The van der Waals surface area contributed by atoms with Crippen LogP contribution in [0.3, 0.4) is 0 Å². The summed E-state index contributed by atoms with van der Waals surface area (Å²) in [6.07, 6.45) is 0. The lowest BCUT2D eigenvalue weighted by Gasteiger charge is -2.22. The summed E-state index contributed by atoms with van der Waals surface area (Å²) in [5.74, 6) is 0.0579. The number of hydrogen-bond donors (Lipinski definition) is 3. The van der Waals surface area contributed by atoms with Crippen LogP contribution in [0.2, 0.25) is 0 Å².